The van der Waals surface area contributed by atoms with Crippen molar-refractivity contribution in [3.05, 3.63) is 65.2 Å². The van der Waals surface area contributed by atoms with Crippen LogP contribution in [0.3, 0.4) is 0 Å². The number of hydrogen-bond acceptors (Lipinski definition) is 3. The lowest BCUT2D eigenvalue weighted by atomic mass is 10.1. The predicted octanol–water partition coefficient (Wildman–Crippen LogP) is 4.41. The Hall–Kier alpha value is -2.82. The first-order valence-electron chi connectivity index (χ1n) is 10.8. The Morgan fingerprint density at radius 1 is 1.03 bits per heavy atom. The number of hydrogen-bond donors (Lipinski definition) is 1. The monoisotopic (exact) mass is 410 g/mol. The van der Waals surface area contributed by atoms with Gasteiger partial charge in [0, 0.05) is 13.1 Å². The van der Waals surface area contributed by atoms with Crippen molar-refractivity contribution in [3.8, 4) is 5.75 Å². The fourth-order valence-corrected chi connectivity index (χ4v) is 3.30. The van der Waals surface area contributed by atoms with Crippen LogP contribution in [0.2, 0.25) is 0 Å². The lowest BCUT2D eigenvalue weighted by molar-refractivity contribution is -0.143. The predicted molar refractivity (Wildman–Crippen MR) is 120 cm³/mol. The minimum atomic E-state index is -0.531. The molecule has 0 bridgehead atoms. The van der Waals surface area contributed by atoms with Gasteiger partial charge >= 0.3 is 0 Å². The van der Waals surface area contributed by atoms with Gasteiger partial charge in [-0.1, -0.05) is 67.8 Å². The molecule has 0 aliphatic rings. The van der Waals surface area contributed by atoms with Gasteiger partial charge in [-0.25, -0.2) is 0 Å². The minimum Gasteiger partial charge on any atom is -0.484 e. The summed E-state index contributed by atoms with van der Waals surface area (Å²) in [6.45, 7) is 8.93. The zero-order valence-electron chi connectivity index (χ0n) is 18.6. The second-order valence-corrected chi connectivity index (χ2v) is 7.68. The van der Waals surface area contributed by atoms with E-state index in [0.717, 1.165) is 29.5 Å². The molecule has 1 unspecified atom stereocenters. The molecule has 0 saturated carbocycles. The highest BCUT2D eigenvalue weighted by atomic mass is 16.5. The van der Waals surface area contributed by atoms with E-state index in [4.69, 9.17) is 4.74 Å². The van der Waals surface area contributed by atoms with E-state index in [1.54, 1.807) is 4.90 Å². The van der Waals surface area contributed by atoms with Crippen molar-refractivity contribution >= 4 is 11.8 Å². The van der Waals surface area contributed by atoms with Crippen LogP contribution in [0.5, 0.6) is 5.75 Å². The number of carbonyl (C=O) groups excluding carboxylic acids is 2. The third kappa shape index (κ3) is 7.21. The van der Waals surface area contributed by atoms with E-state index in [-0.39, 0.29) is 18.4 Å². The third-order valence-electron chi connectivity index (χ3n) is 5.03. The highest BCUT2D eigenvalue weighted by Crippen LogP contribution is 2.16. The van der Waals surface area contributed by atoms with E-state index >= 15 is 0 Å². The number of nitrogens with zero attached hydrogens (tertiary/aromatic N) is 1. The van der Waals surface area contributed by atoms with Crippen LogP contribution in [0.15, 0.2) is 48.5 Å². The van der Waals surface area contributed by atoms with E-state index in [0.29, 0.717) is 25.3 Å². The van der Waals surface area contributed by atoms with Crippen molar-refractivity contribution in [1.82, 2.24) is 10.2 Å². The number of carbonyl (C=O) groups is 2. The van der Waals surface area contributed by atoms with Gasteiger partial charge < -0.3 is 15.0 Å². The Balaban J connectivity index is 2.16. The van der Waals surface area contributed by atoms with Gasteiger partial charge in [-0.3, -0.25) is 9.59 Å². The van der Waals surface area contributed by atoms with E-state index in [2.05, 4.69) is 12.2 Å². The number of unbranched alkanes of at least 4 members (excludes halogenated alkanes) is 1. The largest absolute Gasteiger partial charge is 0.484 e. The molecule has 30 heavy (non-hydrogen) atoms. The molecule has 0 radical (unpaired) electrons. The number of nitrogens with one attached hydrogen (secondary N) is 1. The van der Waals surface area contributed by atoms with Crippen LogP contribution in [0.4, 0.5) is 0 Å². The van der Waals surface area contributed by atoms with Gasteiger partial charge in [0.25, 0.3) is 5.91 Å². The Morgan fingerprint density at radius 2 is 1.77 bits per heavy atom. The van der Waals surface area contributed by atoms with Crippen molar-refractivity contribution < 1.29 is 14.3 Å². The summed E-state index contributed by atoms with van der Waals surface area (Å²) >= 11 is 0. The van der Waals surface area contributed by atoms with Crippen molar-refractivity contribution in [2.75, 3.05) is 13.2 Å². The Morgan fingerprint density at radius 3 is 2.40 bits per heavy atom. The SMILES string of the molecule is CCCCNC(=O)C(CC)N(Cc1cccc(C)c1)C(=O)COc1ccc(C)cc1. The van der Waals surface area contributed by atoms with Crippen LogP contribution in [0.25, 0.3) is 0 Å². The van der Waals surface area contributed by atoms with Crippen molar-refractivity contribution in [2.24, 2.45) is 0 Å². The molecule has 2 rings (SSSR count). The molecule has 162 valence electrons. The quantitative estimate of drug-likeness (QED) is 0.559. The van der Waals surface area contributed by atoms with Crippen LogP contribution in [0.1, 0.15) is 49.8 Å². The number of aryl methyl sites for hydroxylation is 2. The summed E-state index contributed by atoms with van der Waals surface area (Å²) in [6, 6.07) is 15.1. The van der Waals surface area contributed by atoms with Crippen LogP contribution in [-0.2, 0) is 16.1 Å². The highest BCUT2D eigenvalue weighted by molar-refractivity contribution is 5.88. The van der Waals surface area contributed by atoms with Crippen LogP contribution in [0, 0.1) is 13.8 Å². The molecule has 5 nitrogen and oxygen atoms in total. The Labute approximate surface area is 180 Å². The lowest BCUT2D eigenvalue weighted by Crippen LogP contribution is -2.50. The summed E-state index contributed by atoms with van der Waals surface area (Å²) < 4.78 is 5.72. The summed E-state index contributed by atoms with van der Waals surface area (Å²) in [4.78, 5) is 27.6. The molecular weight excluding hydrogens is 376 g/mol. The average molecular weight is 411 g/mol. The van der Waals surface area contributed by atoms with Crippen LogP contribution >= 0.6 is 0 Å². The second kappa shape index (κ2) is 12.0. The van der Waals surface area contributed by atoms with E-state index in [9.17, 15) is 9.59 Å². The van der Waals surface area contributed by atoms with Crippen LogP contribution < -0.4 is 10.1 Å². The van der Waals surface area contributed by atoms with Crippen molar-refractivity contribution in [3.63, 3.8) is 0 Å². The maximum absolute atomic E-state index is 13.1. The summed E-state index contributed by atoms with van der Waals surface area (Å²) in [5, 5.41) is 2.97. The zero-order chi connectivity index (χ0) is 21.9. The summed E-state index contributed by atoms with van der Waals surface area (Å²) in [6.07, 6.45) is 2.47. The molecule has 0 aromatic heterocycles. The van der Waals surface area contributed by atoms with Gasteiger partial charge in [-0.05, 0) is 44.4 Å². The molecule has 1 atom stereocenters. The molecule has 2 aromatic carbocycles. The average Bonchev–Trinajstić information content (AvgIpc) is 2.73. The fraction of sp³-hybridized carbons (Fsp3) is 0.440. The first-order valence-corrected chi connectivity index (χ1v) is 10.8. The Kier molecular flexibility index (Phi) is 9.39. The number of ether oxygens (including phenoxy) is 1. The molecule has 2 aromatic rings. The molecule has 0 aliphatic heterocycles. The second-order valence-electron chi connectivity index (χ2n) is 7.68. The van der Waals surface area contributed by atoms with Gasteiger partial charge in [-0.2, -0.15) is 0 Å². The van der Waals surface area contributed by atoms with Gasteiger partial charge in [0.2, 0.25) is 5.91 Å². The molecular formula is C25H34N2O3. The van der Waals surface area contributed by atoms with E-state index < -0.39 is 6.04 Å². The normalized spacial score (nSPS) is 11.6. The van der Waals surface area contributed by atoms with Gasteiger partial charge in [0.15, 0.2) is 6.61 Å². The maximum atomic E-state index is 13.1. The number of benzene rings is 2. The maximum Gasteiger partial charge on any atom is 0.261 e. The van der Waals surface area contributed by atoms with E-state index in [1.165, 1.54) is 0 Å². The van der Waals surface area contributed by atoms with Gasteiger partial charge in [-0.15, -0.1) is 0 Å². The van der Waals surface area contributed by atoms with E-state index in [1.807, 2.05) is 69.3 Å². The summed E-state index contributed by atoms with van der Waals surface area (Å²) in [5.74, 6) is 0.335. The molecule has 5 heteroatoms. The minimum absolute atomic E-state index is 0.104. The first-order chi connectivity index (χ1) is 14.4. The van der Waals surface area contributed by atoms with Crippen molar-refractivity contribution in [2.45, 2.75) is 59.5 Å². The molecule has 1 N–H and O–H groups in total. The standard InChI is InChI=1S/C25H34N2O3/c1-5-7-15-26-25(29)23(6-2)27(17-21-10-8-9-20(4)16-21)24(28)18-30-22-13-11-19(3)12-14-22/h8-14,16,23H,5-7,15,17-18H2,1-4H3,(H,26,29). The lowest BCUT2D eigenvalue weighted by Gasteiger charge is -2.30. The molecule has 0 spiro atoms. The summed E-state index contributed by atoms with van der Waals surface area (Å²) in [5.41, 5.74) is 3.25. The molecule has 0 heterocycles. The van der Waals surface area contributed by atoms with Crippen LogP contribution in [-0.4, -0.2) is 35.9 Å². The fourth-order valence-electron chi connectivity index (χ4n) is 3.30. The molecule has 0 fully saturated rings. The molecule has 0 saturated heterocycles. The topological polar surface area (TPSA) is 58.6 Å². The van der Waals surface area contributed by atoms with Gasteiger partial charge in [0.05, 0.1) is 0 Å². The third-order valence-corrected chi connectivity index (χ3v) is 5.03. The zero-order valence-corrected chi connectivity index (χ0v) is 18.6. The van der Waals surface area contributed by atoms with Crippen molar-refractivity contribution in [1.29, 1.82) is 0 Å². The van der Waals surface area contributed by atoms with Gasteiger partial charge in [0.1, 0.15) is 11.8 Å². The number of rotatable bonds is 11. The number of amides is 2. The summed E-state index contributed by atoms with van der Waals surface area (Å²) in [7, 11) is 0. The highest BCUT2D eigenvalue weighted by Gasteiger charge is 2.28. The Bertz CT molecular complexity index is 817. The molecule has 2 amide bonds. The molecule has 0 aliphatic carbocycles. The first kappa shape index (κ1) is 23.5. The smallest absolute Gasteiger partial charge is 0.261 e.